The van der Waals surface area contributed by atoms with Gasteiger partial charge in [-0.05, 0) is 19.3 Å². The third-order valence-electron chi connectivity index (χ3n) is 2.32. The fraction of sp³-hybridized carbons (Fsp3) is 0.750. The van der Waals surface area contributed by atoms with Crippen molar-refractivity contribution in [2.24, 2.45) is 5.92 Å². The summed E-state index contributed by atoms with van der Waals surface area (Å²) in [5.41, 5.74) is 0. The Morgan fingerprint density at radius 1 is 1.36 bits per heavy atom. The van der Waals surface area contributed by atoms with Crippen LogP contribution in [-0.4, -0.2) is 17.7 Å². The number of hydrogen-bond donors (Lipinski definition) is 1. The highest BCUT2D eigenvalue weighted by atomic mass is 16.2. The van der Waals surface area contributed by atoms with Crippen molar-refractivity contribution >= 4 is 11.7 Å². The van der Waals surface area contributed by atoms with Crippen LogP contribution in [0.25, 0.3) is 0 Å². The van der Waals surface area contributed by atoms with Gasteiger partial charge in [-0.2, -0.15) is 0 Å². The molecule has 1 amide bonds. The average molecular weight is 153 g/mol. The predicted molar refractivity (Wildman–Crippen MR) is 38.9 cm³/mol. The van der Waals surface area contributed by atoms with E-state index in [1.54, 1.807) is 0 Å². The van der Waals surface area contributed by atoms with E-state index >= 15 is 0 Å². The molecule has 1 unspecified atom stereocenters. The van der Waals surface area contributed by atoms with Gasteiger partial charge in [0, 0.05) is 12.3 Å². The summed E-state index contributed by atoms with van der Waals surface area (Å²) in [7, 11) is 0. The highest BCUT2D eigenvalue weighted by Gasteiger charge is 2.37. The van der Waals surface area contributed by atoms with E-state index in [0.29, 0.717) is 12.8 Å². The molecule has 2 rings (SSSR count). The summed E-state index contributed by atoms with van der Waals surface area (Å²) in [4.78, 5) is 22.1. The zero-order valence-electron chi connectivity index (χ0n) is 6.30. The quantitative estimate of drug-likeness (QED) is 0.617. The fourth-order valence-electron chi connectivity index (χ4n) is 1.48. The van der Waals surface area contributed by atoms with E-state index in [1.807, 2.05) is 0 Å². The maximum absolute atomic E-state index is 11.3. The summed E-state index contributed by atoms with van der Waals surface area (Å²) in [5, 5.41) is 2.69. The Morgan fingerprint density at radius 2 is 2.09 bits per heavy atom. The largest absolute Gasteiger partial charge is 0.346 e. The molecule has 1 atom stereocenters. The molecule has 1 saturated carbocycles. The lowest BCUT2D eigenvalue weighted by Gasteiger charge is -2.05. The van der Waals surface area contributed by atoms with Gasteiger partial charge in [0.1, 0.15) is 0 Å². The van der Waals surface area contributed by atoms with Gasteiger partial charge in [0.2, 0.25) is 5.91 Å². The molecule has 1 saturated heterocycles. The minimum atomic E-state index is -0.144. The van der Waals surface area contributed by atoms with E-state index in [-0.39, 0.29) is 23.7 Å². The molecule has 1 aliphatic carbocycles. The number of carbonyl (C=O) groups excluding carboxylic acids is 2. The van der Waals surface area contributed by atoms with Gasteiger partial charge in [-0.25, -0.2) is 0 Å². The summed E-state index contributed by atoms with van der Waals surface area (Å²) in [6.45, 7) is 0. The van der Waals surface area contributed by atoms with Crippen molar-refractivity contribution < 1.29 is 9.59 Å². The number of amides is 1. The Bertz CT molecular complexity index is 208. The monoisotopic (exact) mass is 153 g/mol. The zero-order chi connectivity index (χ0) is 7.84. The summed E-state index contributed by atoms with van der Waals surface area (Å²) in [6, 6.07) is -0.144. The number of ketones is 1. The van der Waals surface area contributed by atoms with Crippen LogP contribution in [0.1, 0.15) is 25.7 Å². The number of nitrogens with one attached hydrogen (secondary N) is 1. The van der Waals surface area contributed by atoms with Crippen molar-refractivity contribution in [3.8, 4) is 0 Å². The first-order valence-corrected chi connectivity index (χ1v) is 4.10. The van der Waals surface area contributed by atoms with Gasteiger partial charge in [-0.3, -0.25) is 9.59 Å². The van der Waals surface area contributed by atoms with E-state index in [4.69, 9.17) is 0 Å². The molecule has 0 aromatic carbocycles. The van der Waals surface area contributed by atoms with Gasteiger partial charge in [-0.1, -0.05) is 0 Å². The SMILES string of the molecule is O=C1CCC(C(=O)C2CC2)N1. The van der Waals surface area contributed by atoms with Gasteiger partial charge in [0.05, 0.1) is 6.04 Å². The van der Waals surface area contributed by atoms with E-state index in [0.717, 1.165) is 12.8 Å². The first-order chi connectivity index (χ1) is 5.27. The molecule has 0 spiro atoms. The molecule has 1 heterocycles. The molecule has 0 aromatic heterocycles. The van der Waals surface area contributed by atoms with Gasteiger partial charge in [0.15, 0.2) is 5.78 Å². The lowest BCUT2D eigenvalue weighted by atomic mass is 10.1. The first-order valence-electron chi connectivity index (χ1n) is 4.10. The third-order valence-corrected chi connectivity index (χ3v) is 2.32. The molecule has 60 valence electrons. The molecule has 2 aliphatic rings. The van der Waals surface area contributed by atoms with Crippen molar-refractivity contribution in [1.29, 1.82) is 0 Å². The van der Waals surface area contributed by atoms with Crippen molar-refractivity contribution in [2.75, 3.05) is 0 Å². The van der Waals surface area contributed by atoms with Crippen molar-refractivity contribution in [3.05, 3.63) is 0 Å². The molecule has 11 heavy (non-hydrogen) atoms. The van der Waals surface area contributed by atoms with Crippen LogP contribution in [0.2, 0.25) is 0 Å². The summed E-state index contributed by atoms with van der Waals surface area (Å²) < 4.78 is 0. The third kappa shape index (κ3) is 1.27. The van der Waals surface area contributed by atoms with E-state index in [1.165, 1.54) is 0 Å². The second kappa shape index (κ2) is 2.32. The van der Waals surface area contributed by atoms with Crippen LogP contribution in [0.4, 0.5) is 0 Å². The van der Waals surface area contributed by atoms with Gasteiger partial charge < -0.3 is 5.32 Å². The van der Waals surface area contributed by atoms with Gasteiger partial charge >= 0.3 is 0 Å². The molecule has 0 radical (unpaired) electrons. The second-order valence-corrected chi connectivity index (χ2v) is 3.34. The summed E-state index contributed by atoms with van der Waals surface area (Å²) >= 11 is 0. The molecule has 2 fully saturated rings. The minimum absolute atomic E-state index is 0.0315. The number of hydrogen-bond acceptors (Lipinski definition) is 2. The van der Waals surface area contributed by atoms with Crippen LogP contribution in [0.5, 0.6) is 0 Å². The number of rotatable bonds is 2. The average Bonchev–Trinajstić information content (AvgIpc) is 2.74. The Morgan fingerprint density at radius 3 is 2.55 bits per heavy atom. The normalized spacial score (nSPS) is 30.2. The molecular formula is C8H11NO2. The molecule has 3 heteroatoms. The van der Waals surface area contributed by atoms with E-state index in [2.05, 4.69) is 5.32 Å². The molecule has 1 aliphatic heterocycles. The van der Waals surface area contributed by atoms with Crippen LogP contribution in [-0.2, 0) is 9.59 Å². The lowest BCUT2D eigenvalue weighted by molar-refractivity contribution is -0.125. The lowest BCUT2D eigenvalue weighted by Crippen LogP contribution is -2.33. The highest BCUT2D eigenvalue weighted by molar-refractivity contribution is 5.94. The standard InChI is InChI=1S/C8H11NO2/c10-7-4-3-6(9-7)8(11)5-1-2-5/h5-6H,1-4H2,(H,9,10). The number of Topliss-reactive ketones (excluding diaryl/α,β-unsaturated/α-hetero) is 1. The molecular weight excluding hydrogens is 142 g/mol. The molecule has 1 N–H and O–H groups in total. The highest BCUT2D eigenvalue weighted by Crippen LogP contribution is 2.32. The Balaban J connectivity index is 1.94. The van der Waals surface area contributed by atoms with Crippen molar-refractivity contribution in [3.63, 3.8) is 0 Å². The molecule has 0 aromatic rings. The van der Waals surface area contributed by atoms with Crippen molar-refractivity contribution in [1.82, 2.24) is 5.32 Å². The smallest absolute Gasteiger partial charge is 0.220 e. The predicted octanol–water partition coefficient (Wildman–Crippen LogP) is 0.244. The Hall–Kier alpha value is -0.860. The Labute approximate surface area is 65.2 Å². The minimum Gasteiger partial charge on any atom is -0.346 e. The molecule has 3 nitrogen and oxygen atoms in total. The second-order valence-electron chi connectivity index (χ2n) is 3.34. The Kier molecular flexibility index (Phi) is 1.44. The van der Waals surface area contributed by atoms with Crippen LogP contribution >= 0.6 is 0 Å². The van der Waals surface area contributed by atoms with Crippen LogP contribution < -0.4 is 5.32 Å². The van der Waals surface area contributed by atoms with Crippen molar-refractivity contribution in [2.45, 2.75) is 31.7 Å². The van der Waals surface area contributed by atoms with E-state index < -0.39 is 0 Å². The molecule has 0 bridgehead atoms. The van der Waals surface area contributed by atoms with Gasteiger partial charge in [0.25, 0.3) is 0 Å². The van der Waals surface area contributed by atoms with Gasteiger partial charge in [-0.15, -0.1) is 0 Å². The van der Waals surface area contributed by atoms with Crippen LogP contribution in [0.3, 0.4) is 0 Å². The maximum Gasteiger partial charge on any atom is 0.220 e. The maximum atomic E-state index is 11.3. The van der Waals surface area contributed by atoms with Crippen LogP contribution in [0, 0.1) is 5.92 Å². The van der Waals surface area contributed by atoms with Crippen LogP contribution in [0.15, 0.2) is 0 Å². The van der Waals surface area contributed by atoms with E-state index in [9.17, 15) is 9.59 Å². The fourth-order valence-corrected chi connectivity index (χ4v) is 1.48. The summed E-state index contributed by atoms with van der Waals surface area (Å²) in [6.07, 6.45) is 3.31. The number of carbonyl (C=O) groups is 2. The zero-order valence-corrected chi connectivity index (χ0v) is 6.30. The first kappa shape index (κ1) is 6.83. The topological polar surface area (TPSA) is 46.2 Å². The summed E-state index contributed by atoms with van der Waals surface area (Å²) in [5.74, 6) is 0.568.